The van der Waals surface area contributed by atoms with E-state index in [9.17, 15) is 10.2 Å². The van der Waals surface area contributed by atoms with Crippen LogP contribution in [0.1, 0.15) is 20.3 Å². The summed E-state index contributed by atoms with van der Waals surface area (Å²) in [5.41, 5.74) is 0.688. The molecule has 0 amide bonds. The van der Waals surface area contributed by atoms with Gasteiger partial charge in [-0.1, -0.05) is 24.3 Å². The standard InChI is InChI=1S/C9H16O2/c1-4-5-8(10)6-9(11)7(2)3/h4-5,8-11H,2,6H2,1,3H3. The second-order valence-corrected chi connectivity index (χ2v) is 2.69. The van der Waals surface area contributed by atoms with E-state index in [1.807, 2.05) is 6.92 Å². The van der Waals surface area contributed by atoms with Gasteiger partial charge in [0.25, 0.3) is 0 Å². The molecule has 2 unspecified atom stereocenters. The van der Waals surface area contributed by atoms with Crippen LogP contribution in [0, 0.1) is 0 Å². The maximum absolute atomic E-state index is 9.23. The molecule has 2 atom stereocenters. The van der Waals surface area contributed by atoms with Gasteiger partial charge in [-0.15, -0.1) is 0 Å². The zero-order valence-corrected chi connectivity index (χ0v) is 7.12. The van der Waals surface area contributed by atoms with Gasteiger partial charge in [0.1, 0.15) is 0 Å². The average Bonchev–Trinajstić information content (AvgIpc) is 1.87. The first-order valence-electron chi connectivity index (χ1n) is 3.72. The molecule has 0 radical (unpaired) electrons. The van der Waals surface area contributed by atoms with Gasteiger partial charge in [0.15, 0.2) is 0 Å². The Hall–Kier alpha value is -0.600. The van der Waals surface area contributed by atoms with Crippen molar-refractivity contribution in [3.05, 3.63) is 24.3 Å². The number of rotatable bonds is 4. The monoisotopic (exact) mass is 156 g/mol. The topological polar surface area (TPSA) is 40.5 Å². The molecule has 0 aliphatic rings. The first-order chi connectivity index (χ1) is 5.07. The molecule has 2 N–H and O–H groups in total. The zero-order chi connectivity index (χ0) is 8.85. The Morgan fingerprint density at radius 1 is 1.55 bits per heavy atom. The van der Waals surface area contributed by atoms with Crippen molar-refractivity contribution < 1.29 is 10.2 Å². The van der Waals surface area contributed by atoms with Crippen LogP contribution in [0.2, 0.25) is 0 Å². The van der Waals surface area contributed by atoms with Crippen molar-refractivity contribution in [1.29, 1.82) is 0 Å². The van der Waals surface area contributed by atoms with E-state index in [0.29, 0.717) is 12.0 Å². The molecule has 0 bridgehead atoms. The lowest BCUT2D eigenvalue weighted by molar-refractivity contribution is 0.126. The number of hydrogen-bond donors (Lipinski definition) is 2. The molecule has 0 aromatic heterocycles. The molecule has 0 spiro atoms. The number of aliphatic hydroxyl groups is 2. The summed E-state index contributed by atoms with van der Waals surface area (Å²) in [7, 11) is 0. The van der Waals surface area contributed by atoms with Crippen LogP contribution in [0.4, 0.5) is 0 Å². The lowest BCUT2D eigenvalue weighted by Crippen LogP contribution is -2.16. The third-order valence-corrected chi connectivity index (χ3v) is 1.45. The molecular formula is C9H16O2. The lowest BCUT2D eigenvalue weighted by Gasteiger charge is -2.11. The molecule has 0 aliphatic carbocycles. The Kier molecular flexibility index (Phi) is 4.83. The summed E-state index contributed by atoms with van der Waals surface area (Å²) < 4.78 is 0. The van der Waals surface area contributed by atoms with E-state index in [1.165, 1.54) is 0 Å². The molecule has 64 valence electrons. The van der Waals surface area contributed by atoms with E-state index < -0.39 is 12.2 Å². The molecule has 0 fully saturated rings. The van der Waals surface area contributed by atoms with Gasteiger partial charge in [-0.3, -0.25) is 0 Å². The summed E-state index contributed by atoms with van der Waals surface area (Å²) in [6.45, 7) is 7.16. The van der Waals surface area contributed by atoms with Gasteiger partial charge < -0.3 is 10.2 Å². The van der Waals surface area contributed by atoms with Gasteiger partial charge in [-0.25, -0.2) is 0 Å². The molecule has 11 heavy (non-hydrogen) atoms. The van der Waals surface area contributed by atoms with E-state index >= 15 is 0 Å². The maximum Gasteiger partial charge on any atom is 0.0772 e. The van der Waals surface area contributed by atoms with Crippen molar-refractivity contribution in [3.8, 4) is 0 Å². The summed E-state index contributed by atoms with van der Waals surface area (Å²) in [4.78, 5) is 0. The fourth-order valence-electron chi connectivity index (χ4n) is 0.731. The van der Waals surface area contributed by atoms with Crippen LogP contribution in [0.3, 0.4) is 0 Å². The van der Waals surface area contributed by atoms with Crippen molar-refractivity contribution in [2.45, 2.75) is 32.5 Å². The molecular weight excluding hydrogens is 140 g/mol. The Bertz CT molecular complexity index is 150. The maximum atomic E-state index is 9.23. The van der Waals surface area contributed by atoms with Crippen LogP contribution in [0.25, 0.3) is 0 Å². The minimum atomic E-state index is -0.596. The number of aliphatic hydroxyl groups excluding tert-OH is 2. The average molecular weight is 156 g/mol. The molecule has 0 saturated heterocycles. The molecule has 0 aromatic carbocycles. The van der Waals surface area contributed by atoms with Gasteiger partial charge >= 0.3 is 0 Å². The van der Waals surface area contributed by atoms with Gasteiger partial charge in [0, 0.05) is 6.42 Å². The van der Waals surface area contributed by atoms with Crippen molar-refractivity contribution in [2.75, 3.05) is 0 Å². The highest BCUT2D eigenvalue weighted by molar-refractivity contribution is 4.99. The first-order valence-corrected chi connectivity index (χ1v) is 3.72. The van der Waals surface area contributed by atoms with Crippen LogP contribution < -0.4 is 0 Å². The minimum absolute atomic E-state index is 0.333. The van der Waals surface area contributed by atoms with Crippen molar-refractivity contribution in [1.82, 2.24) is 0 Å². The Labute approximate surface area is 67.9 Å². The van der Waals surface area contributed by atoms with E-state index in [2.05, 4.69) is 6.58 Å². The predicted molar refractivity (Wildman–Crippen MR) is 46.3 cm³/mol. The fraction of sp³-hybridized carbons (Fsp3) is 0.556. The normalized spacial score (nSPS) is 16.7. The summed E-state index contributed by atoms with van der Waals surface area (Å²) in [6, 6.07) is 0. The molecule has 0 aromatic rings. The molecule has 2 heteroatoms. The third-order valence-electron chi connectivity index (χ3n) is 1.45. The highest BCUT2D eigenvalue weighted by Crippen LogP contribution is 2.06. The van der Waals surface area contributed by atoms with Crippen molar-refractivity contribution in [3.63, 3.8) is 0 Å². The van der Waals surface area contributed by atoms with Crippen LogP contribution in [0.5, 0.6) is 0 Å². The lowest BCUT2D eigenvalue weighted by atomic mass is 10.1. The molecule has 2 nitrogen and oxygen atoms in total. The highest BCUT2D eigenvalue weighted by atomic mass is 16.3. The summed E-state index contributed by atoms with van der Waals surface area (Å²) in [6.07, 6.45) is 2.58. The summed E-state index contributed by atoms with van der Waals surface area (Å²) in [5.74, 6) is 0. The molecule has 0 rings (SSSR count). The summed E-state index contributed by atoms with van der Waals surface area (Å²) >= 11 is 0. The Morgan fingerprint density at radius 3 is 2.45 bits per heavy atom. The largest absolute Gasteiger partial charge is 0.389 e. The first kappa shape index (κ1) is 10.4. The van der Waals surface area contributed by atoms with Gasteiger partial charge in [0.2, 0.25) is 0 Å². The van der Waals surface area contributed by atoms with Crippen molar-refractivity contribution >= 4 is 0 Å². The summed E-state index contributed by atoms with van der Waals surface area (Å²) in [5, 5.41) is 18.4. The fourth-order valence-corrected chi connectivity index (χ4v) is 0.731. The Balaban J connectivity index is 3.74. The minimum Gasteiger partial charge on any atom is -0.389 e. The van der Waals surface area contributed by atoms with E-state index in [1.54, 1.807) is 19.1 Å². The van der Waals surface area contributed by atoms with E-state index in [-0.39, 0.29) is 0 Å². The second-order valence-electron chi connectivity index (χ2n) is 2.69. The van der Waals surface area contributed by atoms with Crippen molar-refractivity contribution in [2.24, 2.45) is 0 Å². The van der Waals surface area contributed by atoms with Crippen LogP contribution >= 0.6 is 0 Å². The predicted octanol–water partition coefficient (Wildman–Crippen LogP) is 1.25. The SMILES string of the molecule is C=C(C)C(O)CC(O)C=CC. The number of allylic oxidation sites excluding steroid dienone is 1. The van der Waals surface area contributed by atoms with E-state index in [4.69, 9.17) is 0 Å². The molecule has 0 aliphatic heterocycles. The number of hydrogen-bond acceptors (Lipinski definition) is 2. The van der Waals surface area contributed by atoms with Gasteiger partial charge in [-0.05, 0) is 13.8 Å². The quantitative estimate of drug-likeness (QED) is 0.601. The molecule has 0 saturated carbocycles. The second kappa shape index (κ2) is 5.10. The third kappa shape index (κ3) is 4.76. The zero-order valence-electron chi connectivity index (χ0n) is 7.12. The van der Waals surface area contributed by atoms with Crippen LogP contribution in [-0.2, 0) is 0 Å². The van der Waals surface area contributed by atoms with E-state index in [0.717, 1.165) is 0 Å². The van der Waals surface area contributed by atoms with Crippen LogP contribution in [0.15, 0.2) is 24.3 Å². The smallest absolute Gasteiger partial charge is 0.0772 e. The van der Waals surface area contributed by atoms with Crippen LogP contribution in [-0.4, -0.2) is 22.4 Å². The van der Waals surface area contributed by atoms with Gasteiger partial charge in [-0.2, -0.15) is 0 Å². The van der Waals surface area contributed by atoms with Gasteiger partial charge in [0.05, 0.1) is 12.2 Å². The highest BCUT2D eigenvalue weighted by Gasteiger charge is 2.08. The Morgan fingerprint density at radius 2 is 2.09 bits per heavy atom. The molecule has 0 heterocycles.